The first kappa shape index (κ1) is 25.0. The zero-order chi connectivity index (χ0) is 24.3. The van der Waals surface area contributed by atoms with Crippen molar-refractivity contribution in [1.29, 1.82) is 0 Å². The second-order valence-corrected chi connectivity index (χ2v) is 8.16. The molecule has 0 fully saturated rings. The lowest BCUT2D eigenvalue weighted by Gasteiger charge is -2.31. The predicted molar refractivity (Wildman–Crippen MR) is 136 cm³/mol. The quantitative estimate of drug-likeness (QED) is 0.382. The largest absolute Gasteiger partial charge is 0.387 e. The van der Waals surface area contributed by atoms with E-state index in [1.807, 2.05) is 92.7 Å². The number of nitrogens with one attached hydrogen (secondary N) is 2. The van der Waals surface area contributed by atoms with Crippen LogP contribution in [-0.4, -0.2) is 40.4 Å². The van der Waals surface area contributed by atoms with Crippen molar-refractivity contribution < 1.29 is 14.7 Å². The normalized spacial score (nSPS) is 13.4. The van der Waals surface area contributed by atoms with Crippen LogP contribution in [0, 0.1) is 0 Å². The molecule has 3 aromatic carbocycles. The molecule has 0 unspecified atom stereocenters. The van der Waals surface area contributed by atoms with E-state index in [1.54, 1.807) is 12.1 Å². The summed E-state index contributed by atoms with van der Waals surface area (Å²) in [5, 5.41) is 17.4. The van der Waals surface area contributed by atoms with E-state index < -0.39 is 18.2 Å². The van der Waals surface area contributed by atoms with Crippen molar-refractivity contribution in [2.24, 2.45) is 0 Å². The van der Waals surface area contributed by atoms with Crippen LogP contribution >= 0.6 is 0 Å². The molecule has 0 aliphatic heterocycles. The van der Waals surface area contributed by atoms with Crippen LogP contribution in [0.15, 0.2) is 91.0 Å². The van der Waals surface area contributed by atoms with Crippen molar-refractivity contribution in [2.75, 3.05) is 17.2 Å². The molecule has 3 atom stereocenters. The highest BCUT2D eigenvalue weighted by Gasteiger charge is 2.33. The lowest BCUT2D eigenvalue weighted by Crippen LogP contribution is -2.52. The van der Waals surface area contributed by atoms with Crippen LogP contribution in [-0.2, 0) is 9.59 Å². The molecule has 0 saturated heterocycles. The van der Waals surface area contributed by atoms with Crippen LogP contribution in [0.4, 0.5) is 11.4 Å². The SMILES string of the molecule is CC[C@H](Nc1ccccc1)C(=O)N(C[C@@H](O)c1ccccc1)C(=O)[C@H](CC)Nc1ccccc1. The summed E-state index contributed by atoms with van der Waals surface area (Å²) >= 11 is 0. The molecule has 34 heavy (non-hydrogen) atoms. The number of carbonyl (C=O) groups excluding carboxylic acids is 2. The number of hydrogen-bond acceptors (Lipinski definition) is 5. The van der Waals surface area contributed by atoms with Crippen LogP contribution in [0.5, 0.6) is 0 Å². The molecule has 0 aliphatic rings. The van der Waals surface area contributed by atoms with Crippen molar-refractivity contribution >= 4 is 23.2 Å². The average Bonchev–Trinajstić information content (AvgIpc) is 2.89. The van der Waals surface area contributed by atoms with E-state index in [0.29, 0.717) is 18.4 Å². The van der Waals surface area contributed by atoms with E-state index in [0.717, 1.165) is 11.4 Å². The van der Waals surface area contributed by atoms with Gasteiger partial charge in [-0.1, -0.05) is 80.6 Å². The highest BCUT2D eigenvalue weighted by Crippen LogP contribution is 2.19. The Morgan fingerprint density at radius 2 is 1.09 bits per heavy atom. The Balaban J connectivity index is 1.86. The van der Waals surface area contributed by atoms with Gasteiger partial charge in [0.2, 0.25) is 0 Å². The van der Waals surface area contributed by atoms with Gasteiger partial charge in [0.15, 0.2) is 0 Å². The number of para-hydroxylation sites is 2. The second kappa shape index (κ2) is 12.6. The average molecular weight is 460 g/mol. The minimum atomic E-state index is -0.988. The van der Waals surface area contributed by atoms with Gasteiger partial charge in [0, 0.05) is 11.4 Å². The Bertz CT molecular complexity index is 967. The number of amides is 2. The Morgan fingerprint density at radius 3 is 1.47 bits per heavy atom. The summed E-state index contributed by atoms with van der Waals surface area (Å²) in [7, 11) is 0. The molecule has 0 spiro atoms. The summed E-state index contributed by atoms with van der Waals surface area (Å²) in [5.41, 5.74) is 2.25. The number of rotatable bonds is 11. The lowest BCUT2D eigenvalue weighted by molar-refractivity contribution is -0.147. The van der Waals surface area contributed by atoms with E-state index in [-0.39, 0.29) is 18.4 Å². The molecule has 0 heterocycles. The molecule has 3 rings (SSSR count). The van der Waals surface area contributed by atoms with Crippen molar-refractivity contribution in [3.05, 3.63) is 96.6 Å². The third kappa shape index (κ3) is 6.68. The molecule has 0 saturated carbocycles. The number of nitrogens with zero attached hydrogens (tertiary/aromatic N) is 1. The van der Waals surface area contributed by atoms with Gasteiger partial charge in [-0.25, -0.2) is 0 Å². The van der Waals surface area contributed by atoms with Crippen LogP contribution in [0.1, 0.15) is 38.4 Å². The van der Waals surface area contributed by atoms with Gasteiger partial charge < -0.3 is 15.7 Å². The molecule has 0 aliphatic carbocycles. The molecular weight excluding hydrogens is 426 g/mol. The van der Waals surface area contributed by atoms with Crippen molar-refractivity contribution in [3.8, 4) is 0 Å². The van der Waals surface area contributed by atoms with Gasteiger partial charge in [0.25, 0.3) is 11.8 Å². The maximum Gasteiger partial charge on any atom is 0.251 e. The number of hydrogen-bond donors (Lipinski definition) is 3. The number of anilines is 2. The Morgan fingerprint density at radius 1 is 0.706 bits per heavy atom. The molecule has 0 bridgehead atoms. The second-order valence-electron chi connectivity index (χ2n) is 8.16. The topological polar surface area (TPSA) is 81.7 Å². The van der Waals surface area contributed by atoms with Gasteiger partial charge in [-0.15, -0.1) is 0 Å². The zero-order valence-corrected chi connectivity index (χ0v) is 19.7. The Labute approximate surface area is 201 Å². The Hall–Kier alpha value is -3.64. The lowest BCUT2D eigenvalue weighted by atomic mass is 10.1. The maximum atomic E-state index is 13.7. The molecule has 3 N–H and O–H groups in total. The van der Waals surface area contributed by atoms with E-state index in [2.05, 4.69) is 10.6 Å². The van der Waals surface area contributed by atoms with Crippen molar-refractivity contribution in [3.63, 3.8) is 0 Å². The van der Waals surface area contributed by atoms with Gasteiger partial charge in [0.05, 0.1) is 12.6 Å². The smallest absolute Gasteiger partial charge is 0.251 e. The minimum Gasteiger partial charge on any atom is -0.387 e. The molecular formula is C28H33N3O3. The third-order valence-corrected chi connectivity index (χ3v) is 5.71. The van der Waals surface area contributed by atoms with Crippen LogP contribution in [0.25, 0.3) is 0 Å². The fourth-order valence-corrected chi connectivity index (χ4v) is 3.77. The number of benzene rings is 3. The fourth-order valence-electron chi connectivity index (χ4n) is 3.77. The minimum absolute atomic E-state index is 0.123. The summed E-state index contributed by atoms with van der Waals surface area (Å²) in [6, 6.07) is 26.8. The molecule has 0 radical (unpaired) electrons. The van der Waals surface area contributed by atoms with Crippen LogP contribution in [0.2, 0.25) is 0 Å². The molecule has 0 aromatic heterocycles. The van der Waals surface area contributed by atoms with Gasteiger partial charge >= 0.3 is 0 Å². The summed E-state index contributed by atoms with van der Waals surface area (Å²) in [4.78, 5) is 28.5. The zero-order valence-electron chi connectivity index (χ0n) is 19.7. The van der Waals surface area contributed by atoms with E-state index in [1.165, 1.54) is 4.90 Å². The van der Waals surface area contributed by atoms with E-state index in [9.17, 15) is 14.7 Å². The van der Waals surface area contributed by atoms with Crippen molar-refractivity contribution in [1.82, 2.24) is 4.90 Å². The van der Waals surface area contributed by atoms with Crippen LogP contribution in [0.3, 0.4) is 0 Å². The first-order valence-electron chi connectivity index (χ1n) is 11.7. The van der Waals surface area contributed by atoms with Gasteiger partial charge in [0.1, 0.15) is 12.1 Å². The first-order chi connectivity index (χ1) is 16.5. The highest BCUT2D eigenvalue weighted by atomic mass is 16.3. The first-order valence-corrected chi connectivity index (χ1v) is 11.7. The number of aliphatic hydroxyl groups excluding tert-OH is 1. The molecule has 6 heteroatoms. The number of imide groups is 1. The maximum absolute atomic E-state index is 13.7. The summed E-state index contributed by atoms with van der Waals surface area (Å²) in [6.45, 7) is 3.67. The van der Waals surface area contributed by atoms with Crippen molar-refractivity contribution in [2.45, 2.75) is 44.9 Å². The molecule has 178 valence electrons. The Kier molecular flexibility index (Phi) is 9.23. The number of carbonyl (C=O) groups is 2. The third-order valence-electron chi connectivity index (χ3n) is 5.71. The molecule has 6 nitrogen and oxygen atoms in total. The van der Waals surface area contributed by atoms with E-state index >= 15 is 0 Å². The van der Waals surface area contributed by atoms with Crippen LogP contribution < -0.4 is 10.6 Å². The summed E-state index contributed by atoms with van der Waals surface area (Å²) in [6.07, 6.45) is -0.0125. The number of aliphatic hydroxyl groups is 1. The molecule has 2 amide bonds. The molecule has 3 aromatic rings. The highest BCUT2D eigenvalue weighted by molar-refractivity contribution is 6.02. The fraction of sp³-hybridized carbons (Fsp3) is 0.286. The van der Waals surface area contributed by atoms with Gasteiger partial charge in [-0.05, 0) is 42.7 Å². The van der Waals surface area contributed by atoms with E-state index in [4.69, 9.17) is 0 Å². The summed E-state index contributed by atoms with van der Waals surface area (Å²) in [5.74, 6) is -0.723. The standard InChI is InChI=1S/C28H33N3O3/c1-3-24(29-22-16-10-6-11-17-22)27(33)31(20-26(32)21-14-8-5-9-15-21)28(34)25(4-2)30-23-18-12-7-13-19-23/h5-19,24-26,29-30,32H,3-4,20H2,1-2H3/t24-,25-,26+/m0/s1. The monoisotopic (exact) mass is 459 g/mol. The predicted octanol–water partition coefficient (Wildman–Crippen LogP) is 4.86. The van der Waals surface area contributed by atoms with Gasteiger partial charge in [-0.2, -0.15) is 0 Å². The van der Waals surface area contributed by atoms with Gasteiger partial charge in [-0.3, -0.25) is 14.5 Å². The summed E-state index contributed by atoms with van der Waals surface area (Å²) < 4.78 is 0.